The summed E-state index contributed by atoms with van der Waals surface area (Å²) in [6.07, 6.45) is 3.91. The maximum atomic E-state index is 12.9. The van der Waals surface area contributed by atoms with Gasteiger partial charge in [-0.3, -0.25) is 4.79 Å². The van der Waals surface area contributed by atoms with Crippen molar-refractivity contribution in [3.05, 3.63) is 94.8 Å². The van der Waals surface area contributed by atoms with E-state index < -0.39 is 6.09 Å². The van der Waals surface area contributed by atoms with E-state index >= 15 is 0 Å². The van der Waals surface area contributed by atoms with Crippen LogP contribution in [-0.2, 0) is 16.1 Å². The molecule has 0 aliphatic carbocycles. The number of halogens is 1. The number of furan rings is 1. The fourth-order valence-electron chi connectivity index (χ4n) is 4.05. The quantitative estimate of drug-likeness (QED) is 0.336. The number of rotatable bonds is 6. The number of nitrogens with zero attached hydrogens (tertiary/aromatic N) is 2. The van der Waals surface area contributed by atoms with Crippen molar-refractivity contribution in [2.75, 3.05) is 25.4 Å². The Morgan fingerprint density at radius 3 is 2.82 bits per heavy atom. The van der Waals surface area contributed by atoms with Gasteiger partial charge < -0.3 is 29.8 Å². The van der Waals surface area contributed by atoms with E-state index in [0.717, 1.165) is 11.1 Å². The minimum absolute atomic E-state index is 0.151. The average Bonchev–Trinajstić information content (AvgIpc) is 3.36. The Labute approximate surface area is 223 Å². The molecule has 1 atom stereocenters. The molecule has 0 spiro atoms. The van der Waals surface area contributed by atoms with Gasteiger partial charge in [-0.15, -0.1) is 0 Å². The molecule has 2 amide bonds. The maximum Gasteiger partial charge on any atom is 0.415 e. The number of amides is 2. The number of nitrogen functional groups attached to an aromatic ring is 1. The van der Waals surface area contributed by atoms with Gasteiger partial charge in [0.25, 0.3) is 0 Å². The van der Waals surface area contributed by atoms with Gasteiger partial charge in [0, 0.05) is 30.3 Å². The van der Waals surface area contributed by atoms with Crippen molar-refractivity contribution in [2.24, 2.45) is 0 Å². The maximum absolute atomic E-state index is 12.9. The molecular formula is C28H25ClN4O5. The molecule has 10 heteroatoms. The molecule has 0 radical (unpaired) electrons. The van der Waals surface area contributed by atoms with Crippen molar-refractivity contribution < 1.29 is 23.5 Å². The van der Waals surface area contributed by atoms with Crippen LogP contribution < -0.4 is 15.8 Å². The summed E-state index contributed by atoms with van der Waals surface area (Å²) in [5, 5.41) is 3.70. The third-order valence-corrected chi connectivity index (χ3v) is 6.25. The van der Waals surface area contributed by atoms with Crippen molar-refractivity contribution in [1.29, 1.82) is 0 Å². The molecule has 38 heavy (non-hydrogen) atoms. The summed E-state index contributed by atoms with van der Waals surface area (Å²) in [6.45, 7) is 1.38. The molecule has 1 aliphatic heterocycles. The molecule has 3 N–H and O–H groups in total. The fourth-order valence-corrected chi connectivity index (χ4v) is 4.31. The van der Waals surface area contributed by atoms with Gasteiger partial charge in [-0.2, -0.15) is 0 Å². The summed E-state index contributed by atoms with van der Waals surface area (Å²) in [5.74, 6) is 0.903. The summed E-state index contributed by atoms with van der Waals surface area (Å²) in [7, 11) is 0. The molecule has 0 saturated carbocycles. The van der Waals surface area contributed by atoms with E-state index in [2.05, 4.69) is 10.3 Å². The molecule has 1 aliphatic rings. The highest BCUT2D eigenvalue weighted by atomic mass is 35.5. The Hall–Kier alpha value is -4.34. The van der Waals surface area contributed by atoms with Crippen molar-refractivity contribution in [3.63, 3.8) is 0 Å². The van der Waals surface area contributed by atoms with E-state index in [1.165, 1.54) is 12.1 Å². The first kappa shape index (κ1) is 25.3. The predicted molar refractivity (Wildman–Crippen MR) is 143 cm³/mol. The third kappa shape index (κ3) is 6.13. The van der Waals surface area contributed by atoms with E-state index in [-0.39, 0.29) is 18.6 Å². The monoisotopic (exact) mass is 532 g/mol. The highest BCUT2D eigenvalue weighted by molar-refractivity contribution is 6.35. The zero-order valence-corrected chi connectivity index (χ0v) is 21.1. The van der Waals surface area contributed by atoms with Gasteiger partial charge in [0.1, 0.15) is 23.4 Å². The molecule has 1 unspecified atom stereocenters. The van der Waals surface area contributed by atoms with Crippen LogP contribution in [0.25, 0.3) is 17.0 Å². The molecule has 5 rings (SSSR count). The average molecular weight is 533 g/mol. The zero-order chi connectivity index (χ0) is 26.5. The van der Waals surface area contributed by atoms with E-state index in [1.54, 1.807) is 41.4 Å². The third-order valence-electron chi connectivity index (χ3n) is 5.97. The normalized spacial score (nSPS) is 15.6. The molecule has 1 saturated heterocycles. The summed E-state index contributed by atoms with van der Waals surface area (Å²) in [5.41, 5.74) is 7.76. The lowest BCUT2D eigenvalue weighted by molar-refractivity contribution is -0.116. The van der Waals surface area contributed by atoms with E-state index in [1.807, 2.05) is 30.3 Å². The minimum atomic E-state index is -0.483. The standard InChI is InChI=1S/C28H25ClN4O5/c29-23-14-21(38-28(35)33-10-11-36-24(17-33)19-4-2-1-3-5-19)12-20-13-22(37-27(20)23)16-32-26(34)9-7-18-6-8-25(30)31-15-18/h1-9,12-15,24H,10-11,16-17H2,(H2,30,31)(H,32,34). The number of aromatic nitrogens is 1. The van der Waals surface area contributed by atoms with Gasteiger partial charge in [-0.1, -0.05) is 41.9 Å². The molecule has 4 aromatic rings. The van der Waals surface area contributed by atoms with Crippen LogP contribution in [0.15, 0.2) is 77.4 Å². The van der Waals surface area contributed by atoms with Crippen LogP contribution in [-0.4, -0.2) is 41.6 Å². The largest absolute Gasteiger partial charge is 0.458 e. The second-order valence-electron chi connectivity index (χ2n) is 8.69. The molecule has 1 fully saturated rings. The minimum Gasteiger partial charge on any atom is -0.458 e. The lowest BCUT2D eigenvalue weighted by atomic mass is 10.1. The van der Waals surface area contributed by atoms with Gasteiger partial charge in [-0.05, 0) is 41.5 Å². The van der Waals surface area contributed by atoms with E-state index in [0.29, 0.717) is 53.0 Å². The van der Waals surface area contributed by atoms with Crippen LogP contribution >= 0.6 is 11.6 Å². The first-order valence-corrected chi connectivity index (χ1v) is 12.3. The Morgan fingerprint density at radius 1 is 1.18 bits per heavy atom. The molecule has 9 nitrogen and oxygen atoms in total. The highest BCUT2D eigenvalue weighted by Crippen LogP contribution is 2.32. The molecule has 0 bridgehead atoms. The van der Waals surface area contributed by atoms with Crippen LogP contribution in [0.5, 0.6) is 5.75 Å². The van der Waals surface area contributed by atoms with Crippen LogP contribution in [0.3, 0.4) is 0 Å². The van der Waals surface area contributed by atoms with Crippen molar-refractivity contribution >= 4 is 46.5 Å². The molecule has 2 aromatic heterocycles. The lowest BCUT2D eigenvalue weighted by Gasteiger charge is -2.32. The number of hydrogen-bond donors (Lipinski definition) is 2. The van der Waals surface area contributed by atoms with Crippen molar-refractivity contribution in [2.45, 2.75) is 12.6 Å². The van der Waals surface area contributed by atoms with Gasteiger partial charge in [-0.25, -0.2) is 9.78 Å². The Balaban J connectivity index is 1.20. The summed E-state index contributed by atoms with van der Waals surface area (Å²) in [4.78, 5) is 30.7. The first-order valence-electron chi connectivity index (χ1n) is 12.0. The number of morpholine rings is 1. The number of benzene rings is 2. The highest BCUT2D eigenvalue weighted by Gasteiger charge is 2.27. The van der Waals surface area contributed by atoms with Crippen molar-refractivity contribution in [3.8, 4) is 5.75 Å². The number of anilines is 1. The smallest absolute Gasteiger partial charge is 0.415 e. The first-order chi connectivity index (χ1) is 18.4. The number of carbonyl (C=O) groups excluding carboxylic acids is 2. The summed E-state index contributed by atoms with van der Waals surface area (Å²) < 4.78 is 17.3. The lowest BCUT2D eigenvalue weighted by Crippen LogP contribution is -2.43. The Morgan fingerprint density at radius 2 is 2.03 bits per heavy atom. The summed E-state index contributed by atoms with van der Waals surface area (Å²) >= 11 is 6.41. The van der Waals surface area contributed by atoms with Gasteiger partial charge in [0.15, 0.2) is 5.58 Å². The number of ether oxygens (including phenoxy) is 2. The summed E-state index contributed by atoms with van der Waals surface area (Å²) in [6, 6.07) is 18.1. The number of carbonyl (C=O) groups is 2. The van der Waals surface area contributed by atoms with Crippen LogP contribution in [0.2, 0.25) is 5.02 Å². The van der Waals surface area contributed by atoms with Gasteiger partial charge >= 0.3 is 6.09 Å². The van der Waals surface area contributed by atoms with Crippen LogP contribution in [0, 0.1) is 0 Å². The van der Waals surface area contributed by atoms with Crippen molar-refractivity contribution in [1.82, 2.24) is 15.2 Å². The molecular weight excluding hydrogens is 508 g/mol. The van der Waals surface area contributed by atoms with E-state index in [9.17, 15) is 9.59 Å². The number of hydrogen-bond acceptors (Lipinski definition) is 7. The van der Waals surface area contributed by atoms with Gasteiger partial charge in [0.2, 0.25) is 5.91 Å². The molecule has 2 aromatic carbocycles. The van der Waals surface area contributed by atoms with Gasteiger partial charge in [0.05, 0.1) is 24.7 Å². The number of pyridine rings is 1. The number of nitrogens with two attached hydrogens (primary N) is 1. The number of fused-ring (bicyclic) bond motifs is 1. The Kier molecular flexibility index (Phi) is 7.57. The fraction of sp³-hybridized carbons (Fsp3) is 0.179. The van der Waals surface area contributed by atoms with Crippen LogP contribution in [0.1, 0.15) is 23.0 Å². The molecule has 194 valence electrons. The van der Waals surface area contributed by atoms with Crippen LogP contribution in [0.4, 0.5) is 10.6 Å². The molecule has 3 heterocycles. The SMILES string of the molecule is Nc1ccc(C=CC(=O)NCc2cc3cc(OC(=O)N4CCOC(c5ccccc5)C4)cc(Cl)c3o2)cn1. The second kappa shape index (κ2) is 11.4. The predicted octanol–water partition coefficient (Wildman–Crippen LogP) is 4.97. The Bertz CT molecular complexity index is 1470. The zero-order valence-electron chi connectivity index (χ0n) is 20.3. The topological polar surface area (TPSA) is 120 Å². The second-order valence-corrected chi connectivity index (χ2v) is 9.09. The van der Waals surface area contributed by atoms with E-state index in [4.69, 9.17) is 31.2 Å². The number of nitrogens with one attached hydrogen (secondary N) is 1.